The number of amides is 1. The van der Waals surface area contributed by atoms with Gasteiger partial charge in [-0.25, -0.2) is 4.79 Å². The van der Waals surface area contributed by atoms with Crippen molar-refractivity contribution < 1.29 is 24.2 Å². The molecule has 0 fully saturated rings. The first-order chi connectivity index (χ1) is 21.9. The predicted molar refractivity (Wildman–Crippen MR) is 188 cm³/mol. The molecule has 0 rings (SSSR count). The molecule has 7 heteroatoms. The van der Waals surface area contributed by atoms with E-state index in [9.17, 15) is 19.5 Å². The van der Waals surface area contributed by atoms with Gasteiger partial charge in [0.05, 0.1) is 0 Å². The fraction of sp³-hybridized carbons (Fsp3) is 0.711. The van der Waals surface area contributed by atoms with E-state index in [1.165, 1.54) is 25.7 Å². The van der Waals surface area contributed by atoms with Gasteiger partial charge in [0.15, 0.2) is 0 Å². The largest absolute Gasteiger partial charge is 0.480 e. The number of rotatable bonds is 31. The zero-order valence-corrected chi connectivity index (χ0v) is 28.7. The summed E-state index contributed by atoms with van der Waals surface area (Å²) in [6.45, 7) is 4.76. The summed E-state index contributed by atoms with van der Waals surface area (Å²) in [5.41, 5.74) is 5.46. The molecule has 0 radical (unpaired) electrons. The first-order valence-corrected chi connectivity index (χ1v) is 18.0. The average Bonchev–Trinajstić information content (AvgIpc) is 3.02. The van der Waals surface area contributed by atoms with Gasteiger partial charge in [0.1, 0.15) is 12.1 Å². The zero-order valence-electron chi connectivity index (χ0n) is 28.7. The smallest absolute Gasteiger partial charge is 0.326 e. The second-order valence-corrected chi connectivity index (χ2v) is 11.9. The minimum atomic E-state index is -1.02. The molecule has 0 aromatic carbocycles. The van der Waals surface area contributed by atoms with E-state index < -0.39 is 12.0 Å². The first kappa shape index (κ1) is 42.3. The first-order valence-electron chi connectivity index (χ1n) is 18.0. The molecule has 0 heterocycles. The van der Waals surface area contributed by atoms with E-state index in [-0.39, 0.29) is 18.0 Å². The summed E-state index contributed by atoms with van der Waals surface area (Å²) in [5.74, 6) is -1.32. The number of nitrogens with two attached hydrogens (primary N) is 1. The highest BCUT2D eigenvalue weighted by atomic mass is 16.5. The number of nitrogens with one attached hydrogen (secondary N) is 1. The lowest BCUT2D eigenvalue weighted by molar-refractivity contribution is -0.150. The van der Waals surface area contributed by atoms with Gasteiger partial charge < -0.3 is 20.9 Å². The second-order valence-electron chi connectivity index (χ2n) is 11.9. The van der Waals surface area contributed by atoms with Crippen LogP contribution in [-0.4, -0.2) is 41.6 Å². The Kier molecular flexibility index (Phi) is 30.8. The Morgan fingerprint density at radius 2 is 1.22 bits per heavy atom. The van der Waals surface area contributed by atoms with Crippen molar-refractivity contribution in [2.75, 3.05) is 6.54 Å². The fourth-order valence-electron chi connectivity index (χ4n) is 4.97. The van der Waals surface area contributed by atoms with Crippen LogP contribution < -0.4 is 11.1 Å². The van der Waals surface area contributed by atoms with Gasteiger partial charge in [-0.1, -0.05) is 101 Å². The summed E-state index contributed by atoms with van der Waals surface area (Å²) in [7, 11) is 0. The molecule has 45 heavy (non-hydrogen) atoms. The fourth-order valence-corrected chi connectivity index (χ4v) is 4.97. The highest BCUT2D eigenvalue weighted by Gasteiger charge is 2.19. The molecular weight excluding hydrogens is 564 g/mol. The van der Waals surface area contributed by atoms with E-state index in [2.05, 4.69) is 67.8 Å². The van der Waals surface area contributed by atoms with Gasteiger partial charge >= 0.3 is 11.9 Å². The molecule has 0 saturated carbocycles. The number of carboxylic acid groups (broad SMARTS) is 1. The van der Waals surface area contributed by atoms with Crippen LogP contribution in [0.15, 0.2) is 48.6 Å². The Balaban J connectivity index is 4.24. The SMILES string of the molecule is CC/C=C\C/C=C\C/C=C\C/C=C\CCCCC(=O)OC(CCCCCCC)CCCCCCC(=O)NC(CCCN)C(=O)O. The lowest BCUT2D eigenvalue weighted by Crippen LogP contribution is -2.40. The summed E-state index contributed by atoms with van der Waals surface area (Å²) >= 11 is 0. The Morgan fingerprint density at radius 1 is 0.667 bits per heavy atom. The lowest BCUT2D eigenvalue weighted by atomic mass is 10.0. The van der Waals surface area contributed by atoms with Crippen LogP contribution in [0.1, 0.15) is 155 Å². The lowest BCUT2D eigenvalue weighted by Gasteiger charge is -2.18. The van der Waals surface area contributed by atoms with Crippen LogP contribution in [0, 0.1) is 0 Å². The van der Waals surface area contributed by atoms with Crippen molar-refractivity contribution in [3.05, 3.63) is 48.6 Å². The highest BCUT2D eigenvalue weighted by Crippen LogP contribution is 2.18. The molecule has 2 atom stereocenters. The van der Waals surface area contributed by atoms with Gasteiger partial charge in [0.25, 0.3) is 0 Å². The van der Waals surface area contributed by atoms with Gasteiger partial charge in [-0.2, -0.15) is 0 Å². The summed E-state index contributed by atoms with van der Waals surface area (Å²) in [6, 6.07) is -0.867. The van der Waals surface area contributed by atoms with E-state index in [1.807, 2.05) is 0 Å². The number of esters is 1. The molecule has 4 N–H and O–H groups in total. The summed E-state index contributed by atoms with van der Waals surface area (Å²) in [5, 5.41) is 11.9. The van der Waals surface area contributed by atoms with Crippen LogP contribution in [0.2, 0.25) is 0 Å². The van der Waals surface area contributed by atoms with Gasteiger partial charge in [-0.05, 0) is 96.4 Å². The minimum Gasteiger partial charge on any atom is -0.480 e. The maximum atomic E-state index is 12.6. The van der Waals surface area contributed by atoms with Gasteiger partial charge in [-0.3, -0.25) is 9.59 Å². The van der Waals surface area contributed by atoms with Crippen molar-refractivity contribution in [3.63, 3.8) is 0 Å². The van der Waals surface area contributed by atoms with Crippen LogP contribution in [0.4, 0.5) is 0 Å². The van der Waals surface area contributed by atoms with Crippen molar-refractivity contribution in [3.8, 4) is 0 Å². The van der Waals surface area contributed by atoms with E-state index in [4.69, 9.17) is 10.5 Å². The topological polar surface area (TPSA) is 119 Å². The van der Waals surface area contributed by atoms with E-state index in [0.29, 0.717) is 32.2 Å². The number of allylic oxidation sites excluding steroid dienone is 8. The van der Waals surface area contributed by atoms with Crippen LogP contribution >= 0.6 is 0 Å². The molecule has 0 aliphatic carbocycles. The standard InChI is InChI=1S/C38H66N2O5/c1-3-5-7-9-10-11-12-13-14-15-16-17-18-20-26-32-37(42)45-34(28-23-19-8-6-4-2)29-24-21-22-25-31-36(41)40-35(38(43)44)30-27-33-39/h5,7,10-11,13-14,16-17,34-35H,3-4,6,8-9,12,15,18-33,39H2,1-2H3,(H,40,41)(H,43,44)/b7-5-,11-10-,14-13-,17-16-. The maximum absolute atomic E-state index is 12.6. The number of carboxylic acids is 1. The number of unbranched alkanes of at least 4 members (excludes halogenated alkanes) is 9. The predicted octanol–water partition coefficient (Wildman–Crippen LogP) is 9.27. The highest BCUT2D eigenvalue weighted by molar-refractivity contribution is 5.83. The minimum absolute atomic E-state index is 0.0318. The van der Waals surface area contributed by atoms with Gasteiger partial charge in [0.2, 0.25) is 5.91 Å². The Hall–Kier alpha value is -2.67. The molecule has 0 saturated heterocycles. The number of carbonyl (C=O) groups excluding carboxylic acids is 2. The average molecular weight is 631 g/mol. The zero-order chi connectivity index (χ0) is 33.2. The van der Waals surface area contributed by atoms with Crippen molar-refractivity contribution >= 4 is 17.8 Å². The molecule has 0 bridgehead atoms. The molecule has 258 valence electrons. The van der Waals surface area contributed by atoms with Crippen molar-refractivity contribution in [1.82, 2.24) is 5.32 Å². The van der Waals surface area contributed by atoms with Crippen molar-refractivity contribution in [2.45, 2.75) is 167 Å². The molecule has 2 unspecified atom stereocenters. The van der Waals surface area contributed by atoms with Crippen LogP contribution in [0.3, 0.4) is 0 Å². The summed E-state index contributed by atoms with van der Waals surface area (Å²) < 4.78 is 5.92. The third-order valence-corrected chi connectivity index (χ3v) is 7.66. The number of carbonyl (C=O) groups is 3. The van der Waals surface area contributed by atoms with Crippen molar-refractivity contribution in [1.29, 1.82) is 0 Å². The summed E-state index contributed by atoms with van der Waals surface area (Å²) in [4.78, 5) is 36.0. The van der Waals surface area contributed by atoms with Crippen LogP contribution in [0.25, 0.3) is 0 Å². The Bertz CT molecular complexity index is 849. The molecule has 7 nitrogen and oxygen atoms in total. The molecule has 0 spiro atoms. The van der Waals surface area contributed by atoms with Crippen LogP contribution in [0.5, 0.6) is 0 Å². The van der Waals surface area contributed by atoms with E-state index in [1.54, 1.807) is 0 Å². The second kappa shape index (κ2) is 32.7. The Morgan fingerprint density at radius 3 is 1.80 bits per heavy atom. The molecule has 1 amide bonds. The number of ether oxygens (including phenoxy) is 1. The monoisotopic (exact) mass is 630 g/mol. The van der Waals surface area contributed by atoms with Crippen molar-refractivity contribution in [2.24, 2.45) is 5.73 Å². The molecule has 0 aliphatic heterocycles. The Labute approximate surface area is 275 Å². The van der Waals surface area contributed by atoms with Gasteiger partial charge in [0, 0.05) is 12.8 Å². The molecule has 0 aromatic heterocycles. The third kappa shape index (κ3) is 29.8. The normalized spacial score (nSPS) is 13.3. The molecule has 0 aromatic rings. The number of aliphatic carboxylic acids is 1. The maximum Gasteiger partial charge on any atom is 0.326 e. The quantitative estimate of drug-likeness (QED) is 0.0399. The molecular formula is C38H66N2O5. The van der Waals surface area contributed by atoms with E-state index in [0.717, 1.165) is 89.9 Å². The number of hydrogen-bond donors (Lipinski definition) is 3. The number of hydrogen-bond acceptors (Lipinski definition) is 5. The summed E-state index contributed by atoms with van der Waals surface area (Å²) in [6.07, 6.45) is 37.3. The van der Waals surface area contributed by atoms with Gasteiger partial charge in [-0.15, -0.1) is 0 Å². The third-order valence-electron chi connectivity index (χ3n) is 7.66. The van der Waals surface area contributed by atoms with Crippen LogP contribution in [-0.2, 0) is 19.1 Å². The molecule has 0 aliphatic rings. The van der Waals surface area contributed by atoms with E-state index >= 15 is 0 Å².